The second-order valence-electron chi connectivity index (χ2n) is 7.09. The summed E-state index contributed by atoms with van der Waals surface area (Å²) in [6, 6.07) is 5.42. The van der Waals surface area contributed by atoms with Gasteiger partial charge in [0.25, 0.3) is 5.91 Å². The van der Waals surface area contributed by atoms with Crippen LogP contribution in [0.25, 0.3) is 0 Å². The molecule has 2 aromatic heterocycles. The highest BCUT2D eigenvalue weighted by Gasteiger charge is 2.34. The summed E-state index contributed by atoms with van der Waals surface area (Å²) in [5.74, 6) is -0.201. The van der Waals surface area contributed by atoms with Crippen molar-refractivity contribution in [3.63, 3.8) is 0 Å². The smallest absolute Gasteiger partial charge is 0.365 e. The molecule has 2 N–H and O–H groups in total. The number of anilines is 1. The number of halogens is 3. The molecule has 1 atom stereocenters. The molecule has 0 radical (unpaired) electrons. The number of aryl methyl sites for hydroxylation is 1. The van der Waals surface area contributed by atoms with Gasteiger partial charge in [-0.15, -0.1) is 11.8 Å². The Hall–Kier alpha value is -2.55. The van der Waals surface area contributed by atoms with Crippen LogP contribution in [0.3, 0.4) is 0 Å². The first-order chi connectivity index (χ1) is 14.3. The maximum absolute atomic E-state index is 13.2. The lowest BCUT2D eigenvalue weighted by Gasteiger charge is -2.18. The normalized spacial score (nSPS) is 15.2. The van der Waals surface area contributed by atoms with Gasteiger partial charge in [0.15, 0.2) is 0 Å². The van der Waals surface area contributed by atoms with Crippen molar-refractivity contribution in [2.45, 2.75) is 38.5 Å². The van der Waals surface area contributed by atoms with Gasteiger partial charge in [-0.3, -0.25) is 9.78 Å². The molecule has 1 fully saturated rings. The zero-order chi connectivity index (χ0) is 21.7. The zero-order valence-corrected chi connectivity index (χ0v) is 17.5. The Morgan fingerprint density at radius 3 is 2.73 bits per heavy atom. The molecule has 1 unspecified atom stereocenters. The van der Waals surface area contributed by atoms with E-state index in [-0.39, 0.29) is 24.0 Å². The maximum atomic E-state index is 13.2. The fourth-order valence-corrected chi connectivity index (χ4v) is 3.32. The quantitative estimate of drug-likeness (QED) is 0.622. The minimum Gasteiger partial charge on any atom is -0.365 e. The van der Waals surface area contributed by atoms with E-state index in [4.69, 9.17) is 0 Å². The number of amides is 1. The molecule has 0 aromatic carbocycles. The molecule has 1 amide bonds. The number of nitrogens with zero attached hydrogens (tertiary/aromatic N) is 2. The van der Waals surface area contributed by atoms with Crippen molar-refractivity contribution in [2.24, 2.45) is 5.92 Å². The third-order valence-corrected chi connectivity index (χ3v) is 5.27. The average Bonchev–Trinajstić information content (AvgIpc) is 3.54. The van der Waals surface area contributed by atoms with E-state index in [1.54, 1.807) is 12.3 Å². The van der Waals surface area contributed by atoms with Crippen LogP contribution in [-0.2, 0) is 12.7 Å². The molecular weight excluding hydrogens is 413 g/mol. The maximum Gasteiger partial charge on any atom is 0.433 e. The standard InChI is InChI=1S/C21H23F3N4OS/c1-13-15(4-3-10-25-13)12-26-19-16(7-8-18(28-19)21(22,23)24)20(29)27-17(9-11-30-2)14-5-6-14/h3-4,7-11,14,17H,5-6,12H2,1-2H3,(H,26,28)(H,27,29)/b11-9+. The SMILES string of the molecule is CS/C=C/C(NC(=O)c1ccc(C(F)(F)F)nc1NCc1cccnc1C)C1CC1. The second kappa shape index (κ2) is 9.51. The molecule has 160 valence electrons. The molecule has 0 spiro atoms. The summed E-state index contributed by atoms with van der Waals surface area (Å²) in [6.45, 7) is 2.01. The second-order valence-corrected chi connectivity index (χ2v) is 7.84. The Balaban J connectivity index is 1.85. The monoisotopic (exact) mass is 436 g/mol. The predicted octanol–water partition coefficient (Wildman–Crippen LogP) is 4.80. The number of thioether (sulfide) groups is 1. The molecular formula is C21H23F3N4OS. The van der Waals surface area contributed by atoms with Gasteiger partial charge in [0.2, 0.25) is 0 Å². The van der Waals surface area contributed by atoms with Crippen LogP contribution in [0, 0.1) is 12.8 Å². The first-order valence-corrected chi connectivity index (χ1v) is 10.8. The van der Waals surface area contributed by atoms with Crippen LogP contribution in [0.2, 0.25) is 0 Å². The van der Waals surface area contributed by atoms with E-state index >= 15 is 0 Å². The highest BCUT2D eigenvalue weighted by Crippen LogP contribution is 2.34. The lowest BCUT2D eigenvalue weighted by Crippen LogP contribution is -2.35. The third kappa shape index (κ3) is 5.75. The number of aromatic nitrogens is 2. The van der Waals surface area contributed by atoms with E-state index < -0.39 is 17.8 Å². The minimum atomic E-state index is -4.60. The summed E-state index contributed by atoms with van der Waals surface area (Å²) in [5.41, 5.74) is 0.582. The molecule has 30 heavy (non-hydrogen) atoms. The van der Waals surface area contributed by atoms with Crippen LogP contribution in [0.15, 0.2) is 41.9 Å². The number of hydrogen-bond acceptors (Lipinski definition) is 5. The minimum absolute atomic E-state index is 0.0766. The van der Waals surface area contributed by atoms with E-state index in [0.29, 0.717) is 5.92 Å². The van der Waals surface area contributed by atoms with Gasteiger partial charge in [-0.25, -0.2) is 4.98 Å². The fraction of sp³-hybridized carbons (Fsp3) is 0.381. The molecule has 1 saturated carbocycles. The summed E-state index contributed by atoms with van der Waals surface area (Å²) in [6.07, 6.45) is 2.91. The molecule has 5 nitrogen and oxygen atoms in total. The van der Waals surface area contributed by atoms with Crippen LogP contribution in [0.5, 0.6) is 0 Å². The first-order valence-electron chi connectivity index (χ1n) is 9.52. The van der Waals surface area contributed by atoms with Crippen molar-refractivity contribution < 1.29 is 18.0 Å². The summed E-state index contributed by atoms with van der Waals surface area (Å²) in [5, 5.41) is 7.72. The van der Waals surface area contributed by atoms with Crippen molar-refractivity contribution in [1.29, 1.82) is 0 Å². The number of hydrogen-bond donors (Lipinski definition) is 2. The molecule has 1 aliphatic rings. The van der Waals surface area contributed by atoms with E-state index in [0.717, 1.165) is 30.2 Å². The summed E-state index contributed by atoms with van der Waals surface area (Å²) >= 11 is 1.53. The predicted molar refractivity (Wildman–Crippen MR) is 112 cm³/mol. The molecule has 2 heterocycles. The molecule has 2 aromatic rings. The fourth-order valence-electron chi connectivity index (χ4n) is 2.99. The number of alkyl halides is 3. The largest absolute Gasteiger partial charge is 0.433 e. The van der Waals surface area contributed by atoms with Crippen molar-refractivity contribution in [3.8, 4) is 0 Å². The Labute approximate surface area is 177 Å². The van der Waals surface area contributed by atoms with E-state index in [2.05, 4.69) is 20.6 Å². The molecule has 1 aliphatic carbocycles. The lowest BCUT2D eigenvalue weighted by molar-refractivity contribution is -0.141. The van der Waals surface area contributed by atoms with Gasteiger partial charge in [0.05, 0.1) is 11.6 Å². The van der Waals surface area contributed by atoms with Crippen LogP contribution >= 0.6 is 11.8 Å². The number of carbonyl (C=O) groups excluding carboxylic acids is 1. The average molecular weight is 437 g/mol. The third-order valence-electron chi connectivity index (χ3n) is 4.84. The Morgan fingerprint density at radius 2 is 2.10 bits per heavy atom. The summed E-state index contributed by atoms with van der Waals surface area (Å²) in [4.78, 5) is 20.8. The van der Waals surface area contributed by atoms with Crippen molar-refractivity contribution in [2.75, 3.05) is 11.6 Å². The van der Waals surface area contributed by atoms with Crippen LogP contribution < -0.4 is 10.6 Å². The number of carbonyl (C=O) groups is 1. The molecule has 0 bridgehead atoms. The van der Waals surface area contributed by atoms with Crippen LogP contribution in [-0.4, -0.2) is 28.2 Å². The van der Waals surface area contributed by atoms with Crippen molar-refractivity contribution >= 4 is 23.5 Å². The van der Waals surface area contributed by atoms with E-state index in [9.17, 15) is 18.0 Å². The molecule has 3 rings (SSSR count). The summed E-state index contributed by atoms with van der Waals surface area (Å²) < 4.78 is 39.5. The zero-order valence-electron chi connectivity index (χ0n) is 16.7. The first kappa shape index (κ1) is 22.1. The van der Waals surface area contributed by atoms with Crippen molar-refractivity contribution in [3.05, 3.63) is 64.5 Å². The number of pyridine rings is 2. The van der Waals surface area contributed by atoms with E-state index in [1.807, 2.05) is 30.7 Å². The molecule has 9 heteroatoms. The van der Waals surface area contributed by atoms with Gasteiger partial charge < -0.3 is 10.6 Å². The molecule has 0 aliphatic heterocycles. The van der Waals surface area contributed by atoms with Crippen molar-refractivity contribution in [1.82, 2.24) is 15.3 Å². The van der Waals surface area contributed by atoms with Gasteiger partial charge in [-0.1, -0.05) is 12.1 Å². The van der Waals surface area contributed by atoms with Gasteiger partial charge in [0.1, 0.15) is 11.5 Å². The number of rotatable bonds is 8. The topological polar surface area (TPSA) is 66.9 Å². The Bertz CT molecular complexity index is 929. The van der Waals surface area contributed by atoms with Gasteiger partial charge in [0, 0.05) is 18.4 Å². The Morgan fingerprint density at radius 1 is 1.33 bits per heavy atom. The van der Waals surface area contributed by atoms with E-state index in [1.165, 1.54) is 17.8 Å². The Kier molecular flexibility index (Phi) is 7.02. The molecule has 0 saturated heterocycles. The summed E-state index contributed by atoms with van der Waals surface area (Å²) in [7, 11) is 0. The lowest BCUT2D eigenvalue weighted by atomic mass is 10.1. The van der Waals surface area contributed by atoms with Gasteiger partial charge in [-0.05, 0) is 61.1 Å². The van der Waals surface area contributed by atoms with Gasteiger partial charge in [-0.2, -0.15) is 13.2 Å². The van der Waals surface area contributed by atoms with Crippen LogP contribution in [0.1, 0.15) is 40.2 Å². The highest BCUT2D eigenvalue weighted by atomic mass is 32.2. The van der Waals surface area contributed by atoms with Crippen LogP contribution in [0.4, 0.5) is 19.0 Å². The highest BCUT2D eigenvalue weighted by molar-refractivity contribution is 8.01. The number of nitrogens with one attached hydrogen (secondary N) is 2. The van der Waals surface area contributed by atoms with Gasteiger partial charge >= 0.3 is 6.18 Å².